The lowest BCUT2D eigenvalue weighted by molar-refractivity contribution is 1.16. The van der Waals surface area contributed by atoms with Crippen molar-refractivity contribution in [3.8, 4) is 17.1 Å². The van der Waals surface area contributed by atoms with Gasteiger partial charge in [0.1, 0.15) is 0 Å². The molecular weight excluding hydrogens is 908 g/mol. The van der Waals surface area contributed by atoms with Gasteiger partial charge in [0.15, 0.2) is 0 Å². The molecule has 75 heavy (non-hydrogen) atoms. The van der Waals surface area contributed by atoms with Crippen molar-refractivity contribution in [2.45, 2.75) is 13.8 Å². The zero-order chi connectivity index (χ0) is 48.9. The third kappa shape index (κ3) is 5.01. The van der Waals surface area contributed by atoms with Crippen LogP contribution < -0.4 is 42.6 Å². The minimum absolute atomic E-state index is 0.00709. The summed E-state index contributed by atoms with van der Waals surface area (Å²) in [5.41, 5.74) is 28.8. The Hall–Kier alpha value is -9.45. The van der Waals surface area contributed by atoms with Gasteiger partial charge in [-0.2, -0.15) is 0 Å². The zero-order valence-corrected chi connectivity index (χ0v) is 41.3. The third-order valence-corrected chi connectivity index (χ3v) is 17.4. The summed E-state index contributed by atoms with van der Waals surface area (Å²) in [5, 5.41) is 7.69. The minimum atomic E-state index is -0.00709. The van der Waals surface area contributed by atoms with Crippen LogP contribution in [0.5, 0.6) is 0 Å². The Labute approximate surface area is 433 Å². The summed E-state index contributed by atoms with van der Waals surface area (Å²) in [5.74, 6) is 0. The molecule has 11 aromatic carbocycles. The van der Waals surface area contributed by atoms with E-state index in [0.717, 1.165) is 17.1 Å². The van der Waals surface area contributed by atoms with Crippen molar-refractivity contribution in [1.82, 2.24) is 13.7 Å². The number of benzene rings is 11. The van der Waals surface area contributed by atoms with Gasteiger partial charge in [-0.05, 0) is 143 Å². The van der Waals surface area contributed by atoms with Gasteiger partial charge in [0.25, 0.3) is 13.4 Å². The van der Waals surface area contributed by atoms with Crippen LogP contribution in [0.2, 0.25) is 0 Å². The van der Waals surface area contributed by atoms with E-state index in [0.29, 0.717) is 0 Å². The van der Waals surface area contributed by atoms with E-state index in [1.807, 2.05) is 0 Å². The molecule has 7 heteroatoms. The standard InChI is InChI=1S/C68H43B2N5/c1-40-32-61-65-63(34-40)74-55-30-14-12-24-45(55)47-26-16-28-51(67(47)74)69(65)53-36-49-50-37-54-60(39-58(50)71(42-18-6-3-7-19-42)57(49)38-59(53)72(61)43-20-8-4-9-21-43)73(44-22-10-5-11-23-44)62-33-41(2)35-64-66(62)70(54)52-29-17-27-48-46-25-13-15-31-56(46)75(64)68(48)52/h3-39H,1-2H3. The number of rotatable bonds is 3. The molecule has 0 bridgehead atoms. The fourth-order valence-corrected chi connectivity index (χ4v) is 14.7. The predicted octanol–water partition coefficient (Wildman–Crippen LogP) is 12.8. The lowest BCUT2D eigenvalue weighted by Crippen LogP contribution is -2.60. The number of aryl methyl sites for hydroxylation is 2. The van der Waals surface area contributed by atoms with Crippen molar-refractivity contribution < 1.29 is 0 Å². The first-order chi connectivity index (χ1) is 37.1. The average molecular weight is 952 g/mol. The quantitative estimate of drug-likeness (QED) is 0.165. The number of fused-ring (bicyclic) bond motifs is 17. The van der Waals surface area contributed by atoms with E-state index in [1.165, 1.54) is 143 Å². The SMILES string of the molecule is Cc1cc2c3c(c1)-n1c4ccccc4c4cccc(c41)B3c1cc3c4cc5c(cc4n(-c4ccccc4)c3cc1N2c1ccccc1)N(c1ccccc1)c1cc(C)cc2c1B5c1cccc3c4ccccc4n-2c13. The Morgan fingerprint density at radius 3 is 1.11 bits per heavy atom. The molecule has 4 aliphatic rings. The fraction of sp³-hybridized carbons (Fsp3) is 0.0294. The topological polar surface area (TPSA) is 21.3 Å². The summed E-state index contributed by atoms with van der Waals surface area (Å²) in [6, 6.07) is 85.1. The molecule has 4 aliphatic heterocycles. The van der Waals surface area contributed by atoms with Crippen molar-refractivity contribution in [2.75, 3.05) is 9.80 Å². The lowest BCUT2D eigenvalue weighted by atomic mass is 9.33. The Kier molecular flexibility index (Phi) is 7.58. The van der Waals surface area contributed by atoms with E-state index >= 15 is 0 Å². The molecule has 3 aromatic heterocycles. The van der Waals surface area contributed by atoms with Crippen LogP contribution in [0.4, 0.5) is 34.1 Å². The first kappa shape index (κ1) is 40.1. The number of hydrogen-bond donors (Lipinski definition) is 0. The van der Waals surface area contributed by atoms with Gasteiger partial charge in [-0.3, -0.25) is 0 Å². The molecule has 5 nitrogen and oxygen atoms in total. The maximum Gasteiger partial charge on any atom is 0.252 e. The summed E-state index contributed by atoms with van der Waals surface area (Å²) in [4.78, 5) is 5.12. The zero-order valence-electron chi connectivity index (χ0n) is 41.3. The number of anilines is 6. The van der Waals surface area contributed by atoms with Crippen LogP contribution in [0.25, 0.3) is 82.5 Å². The largest absolute Gasteiger partial charge is 0.311 e. The highest BCUT2D eigenvalue weighted by Gasteiger charge is 2.45. The van der Waals surface area contributed by atoms with Crippen molar-refractivity contribution in [2.24, 2.45) is 0 Å². The van der Waals surface area contributed by atoms with Crippen molar-refractivity contribution in [1.29, 1.82) is 0 Å². The molecule has 0 aliphatic carbocycles. The summed E-state index contributed by atoms with van der Waals surface area (Å²) in [7, 11) is 0. The number of hydrogen-bond acceptors (Lipinski definition) is 2. The second-order valence-corrected chi connectivity index (χ2v) is 21.4. The minimum Gasteiger partial charge on any atom is -0.311 e. The maximum absolute atomic E-state index is 2.60. The molecule has 0 radical (unpaired) electrons. The second-order valence-electron chi connectivity index (χ2n) is 21.4. The molecule has 14 aromatic rings. The van der Waals surface area contributed by atoms with Crippen LogP contribution in [0.15, 0.2) is 224 Å². The van der Waals surface area contributed by atoms with Crippen LogP contribution in [-0.2, 0) is 0 Å². The Morgan fingerprint density at radius 2 is 0.653 bits per heavy atom. The van der Waals surface area contributed by atoms with Crippen molar-refractivity contribution in [3.05, 3.63) is 236 Å². The van der Waals surface area contributed by atoms with Gasteiger partial charge < -0.3 is 23.5 Å². The Balaban J connectivity index is 1.00. The smallest absolute Gasteiger partial charge is 0.252 e. The molecule has 0 atom stereocenters. The van der Waals surface area contributed by atoms with E-state index in [9.17, 15) is 0 Å². The van der Waals surface area contributed by atoms with Crippen molar-refractivity contribution >= 4 is 146 Å². The highest BCUT2D eigenvalue weighted by atomic mass is 15.2. The lowest BCUT2D eigenvalue weighted by Gasteiger charge is -2.40. The fourth-order valence-electron chi connectivity index (χ4n) is 14.7. The highest BCUT2D eigenvalue weighted by Crippen LogP contribution is 2.47. The molecule has 0 saturated carbocycles. The Morgan fingerprint density at radius 1 is 0.267 bits per heavy atom. The van der Waals surface area contributed by atoms with Gasteiger partial charge in [-0.15, -0.1) is 0 Å². The molecule has 0 saturated heterocycles. The van der Waals surface area contributed by atoms with E-state index in [2.05, 4.69) is 262 Å². The van der Waals surface area contributed by atoms with Gasteiger partial charge >= 0.3 is 0 Å². The predicted molar refractivity (Wildman–Crippen MR) is 318 cm³/mol. The van der Waals surface area contributed by atoms with E-state index in [1.54, 1.807) is 0 Å². The molecule has 0 amide bonds. The molecule has 0 unspecified atom stereocenters. The van der Waals surface area contributed by atoms with E-state index < -0.39 is 0 Å². The first-order valence-corrected chi connectivity index (χ1v) is 26.3. The molecular formula is C68H43B2N5. The molecule has 0 fully saturated rings. The van der Waals surface area contributed by atoms with Gasteiger partial charge in [-0.25, -0.2) is 0 Å². The van der Waals surface area contributed by atoms with Crippen LogP contribution in [0.3, 0.4) is 0 Å². The number of nitrogens with zero attached hydrogens (tertiary/aromatic N) is 5. The normalized spacial score (nSPS) is 13.6. The summed E-state index contributed by atoms with van der Waals surface area (Å²) >= 11 is 0. The molecule has 0 spiro atoms. The van der Waals surface area contributed by atoms with E-state index in [4.69, 9.17) is 0 Å². The maximum atomic E-state index is 2.60. The summed E-state index contributed by atoms with van der Waals surface area (Å²) in [6.07, 6.45) is 0. The van der Waals surface area contributed by atoms with Crippen LogP contribution in [0, 0.1) is 13.8 Å². The monoisotopic (exact) mass is 951 g/mol. The molecule has 0 N–H and O–H groups in total. The Bertz CT molecular complexity index is 4590. The number of para-hydroxylation sites is 7. The van der Waals surface area contributed by atoms with Gasteiger partial charge in [0, 0.05) is 94.5 Å². The van der Waals surface area contributed by atoms with Crippen LogP contribution in [0.1, 0.15) is 11.1 Å². The number of aromatic nitrogens is 3. The molecule has 346 valence electrons. The first-order valence-electron chi connectivity index (χ1n) is 26.3. The van der Waals surface area contributed by atoms with E-state index in [-0.39, 0.29) is 13.4 Å². The molecule has 18 rings (SSSR count). The van der Waals surface area contributed by atoms with Crippen LogP contribution in [-0.4, -0.2) is 27.1 Å². The van der Waals surface area contributed by atoms with Gasteiger partial charge in [-0.1, -0.05) is 140 Å². The highest BCUT2D eigenvalue weighted by molar-refractivity contribution is 7.01. The summed E-state index contributed by atoms with van der Waals surface area (Å²) in [6.45, 7) is 4.51. The van der Waals surface area contributed by atoms with Gasteiger partial charge in [0.2, 0.25) is 0 Å². The third-order valence-electron chi connectivity index (χ3n) is 17.4. The van der Waals surface area contributed by atoms with Gasteiger partial charge in [0.05, 0.1) is 22.1 Å². The molecule has 7 heterocycles. The van der Waals surface area contributed by atoms with Crippen LogP contribution >= 0.6 is 0 Å². The summed E-state index contributed by atoms with van der Waals surface area (Å²) < 4.78 is 7.68. The average Bonchev–Trinajstić information content (AvgIpc) is 4.19. The van der Waals surface area contributed by atoms with Crippen molar-refractivity contribution in [3.63, 3.8) is 0 Å². The second kappa shape index (κ2) is 14.2.